The van der Waals surface area contributed by atoms with Crippen LogP contribution in [0.2, 0.25) is 0 Å². The van der Waals surface area contributed by atoms with Crippen LogP contribution in [0.25, 0.3) is 0 Å². The minimum absolute atomic E-state index is 0.110. The number of hydrogen-bond acceptors (Lipinski definition) is 4. The van der Waals surface area contributed by atoms with E-state index in [0.717, 1.165) is 19.5 Å². The Bertz CT molecular complexity index is 715. The summed E-state index contributed by atoms with van der Waals surface area (Å²) in [6, 6.07) is 15.8. The first-order valence-corrected chi connectivity index (χ1v) is 9.41. The molecule has 5 nitrogen and oxygen atoms in total. The van der Waals surface area contributed by atoms with Crippen molar-refractivity contribution in [3.63, 3.8) is 0 Å². The molecule has 0 aliphatic carbocycles. The summed E-state index contributed by atoms with van der Waals surface area (Å²) in [4.78, 5) is 15.0. The molecule has 0 fully saturated rings. The topological polar surface area (TPSA) is 50.8 Å². The third-order valence-electron chi connectivity index (χ3n) is 4.79. The van der Waals surface area contributed by atoms with Gasteiger partial charge in [0.1, 0.15) is 0 Å². The van der Waals surface area contributed by atoms with E-state index in [1.165, 1.54) is 5.56 Å². The first-order chi connectivity index (χ1) is 13.1. The summed E-state index contributed by atoms with van der Waals surface area (Å²) in [5.74, 6) is 1.05. The summed E-state index contributed by atoms with van der Waals surface area (Å²) in [7, 11) is 3.14. The fraction of sp³-hybridized carbons (Fsp3) is 0.409. The van der Waals surface area contributed by atoms with Gasteiger partial charge < -0.3 is 14.8 Å². The van der Waals surface area contributed by atoms with Crippen LogP contribution < -0.4 is 14.8 Å². The summed E-state index contributed by atoms with van der Waals surface area (Å²) in [5.41, 5.74) is 1.83. The number of benzene rings is 2. The second kappa shape index (κ2) is 10.6. The maximum absolute atomic E-state index is 12.6. The number of likely N-dealkylation sites (N-methyl/N-ethyl adjacent to an activating group) is 1. The van der Waals surface area contributed by atoms with E-state index in [-0.39, 0.29) is 11.9 Å². The van der Waals surface area contributed by atoms with Gasteiger partial charge in [0.2, 0.25) is 0 Å². The zero-order valence-corrected chi connectivity index (χ0v) is 16.7. The monoisotopic (exact) mass is 370 g/mol. The molecule has 2 rings (SSSR count). The first kappa shape index (κ1) is 20.8. The van der Waals surface area contributed by atoms with E-state index in [2.05, 4.69) is 48.3 Å². The predicted molar refractivity (Wildman–Crippen MR) is 109 cm³/mol. The maximum atomic E-state index is 12.6. The van der Waals surface area contributed by atoms with E-state index in [1.807, 2.05) is 6.07 Å². The Morgan fingerprint density at radius 2 is 1.67 bits per heavy atom. The fourth-order valence-electron chi connectivity index (χ4n) is 3.25. The molecule has 0 spiro atoms. The highest BCUT2D eigenvalue weighted by atomic mass is 16.5. The van der Waals surface area contributed by atoms with Gasteiger partial charge in [0.05, 0.1) is 14.2 Å². The lowest BCUT2D eigenvalue weighted by atomic mass is 10.0. The molecule has 0 radical (unpaired) electrons. The van der Waals surface area contributed by atoms with Crippen LogP contribution in [0.3, 0.4) is 0 Å². The first-order valence-electron chi connectivity index (χ1n) is 9.41. The third-order valence-corrected chi connectivity index (χ3v) is 4.79. The highest BCUT2D eigenvalue weighted by molar-refractivity contribution is 5.94. The molecule has 1 unspecified atom stereocenters. The van der Waals surface area contributed by atoms with Crippen molar-refractivity contribution in [1.29, 1.82) is 0 Å². The van der Waals surface area contributed by atoms with Gasteiger partial charge >= 0.3 is 0 Å². The minimum Gasteiger partial charge on any atom is -0.493 e. The molecule has 0 saturated carbocycles. The van der Waals surface area contributed by atoms with Crippen molar-refractivity contribution in [2.24, 2.45) is 0 Å². The molecule has 1 atom stereocenters. The normalized spacial score (nSPS) is 11.9. The molecule has 1 N–H and O–H groups in total. The van der Waals surface area contributed by atoms with Crippen molar-refractivity contribution in [2.45, 2.75) is 26.3 Å². The molecular weight excluding hydrogens is 340 g/mol. The van der Waals surface area contributed by atoms with Crippen LogP contribution in [0.1, 0.15) is 29.8 Å². The Morgan fingerprint density at radius 1 is 1.00 bits per heavy atom. The molecule has 2 aromatic carbocycles. The second-order valence-electron chi connectivity index (χ2n) is 6.34. The zero-order chi connectivity index (χ0) is 19.6. The number of hydrogen-bond donors (Lipinski definition) is 1. The summed E-state index contributed by atoms with van der Waals surface area (Å²) in [6.45, 7) is 6.78. The highest BCUT2D eigenvalue weighted by Crippen LogP contribution is 2.27. The van der Waals surface area contributed by atoms with Crippen LogP contribution in [0, 0.1) is 0 Å². The molecule has 0 bridgehead atoms. The Morgan fingerprint density at radius 3 is 2.26 bits per heavy atom. The van der Waals surface area contributed by atoms with E-state index < -0.39 is 0 Å². The van der Waals surface area contributed by atoms with Crippen LogP contribution in [0.4, 0.5) is 0 Å². The Labute approximate surface area is 162 Å². The minimum atomic E-state index is -0.110. The molecule has 0 heterocycles. The molecule has 2 aromatic rings. The van der Waals surface area contributed by atoms with Crippen molar-refractivity contribution in [3.05, 3.63) is 59.7 Å². The number of nitrogens with zero attached hydrogens (tertiary/aromatic N) is 1. The van der Waals surface area contributed by atoms with E-state index in [0.29, 0.717) is 23.6 Å². The van der Waals surface area contributed by atoms with Gasteiger partial charge in [-0.25, -0.2) is 0 Å². The number of ether oxygens (including phenoxy) is 2. The zero-order valence-electron chi connectivity index (χ0n) is 16.7. The molecule has 5 heteroatoms. The van der Waals surface area contributed by atoms with Crippen molar-refractivity contribution < 1.29 is 14.3 Å². The van der Waals surface area contributed by atoms with Gasteiger partial charge in [-0.2, -0.15) is 0 Å². The SMILES string of the molecule is CCN(CC)C(CNC(=O)c1ccc(OC)c(OC)c1)Cc1ccccc1. The van der Waals surface area contributed by atoms with Gasteiger partial charge in [0.15, 0.2) is 11.5 Å². The molecule has 0 aliphatic rings. The molecule has 1 amide bonds. The number of methoxy groups -OCH3 is 2. The Hall–Kier alpha value is -2.53. The average Bonchev–Trinajstić information content (AvgIpc) is 2.72. The number of carbonyl (C=O) groups is 1. The smallest absolute Gasteiger partial charge is 0.251 e. The highest BCUT2D eigenvalue weighted by Gasteiger charge is 2.18. The van der Waals surface area contributed by atoms with Gasteiger partial charge in [0.25, 0.3) is 5.91 Å². The second-order valence-corrected chi connectivity index (χ2v) is 6.34. The van der Waals surface area contributed by atoms with E-state index in [1.54, 1.807) is 32.4 Å². The van der Waals surface area contributed by atoms with Crippen LogP contribution in [-0.2, 0) is 6.42 Å². The maximum Gasteiger partial charge on any atom is 0.251 e. The molecular formula is C22H30N2O3. The average molecular weight is 370 g/mol. The van der Waals surface area contributed by atoms with E-state index in [9.17, 15) is 4.79 Å². The van der Waals surface area contributed by atoms with Crippen molar-refractivity contribution in [2.75, 3.05) is 33.9 Å². The van der Waals surface area contributed by atoms with Crippen molar-refractivity contribution in [3.8, 4) is 11.5 Å². The lowest BCUT2D eigenvalue weighted by molar-refractivity contribution is 0.0934. The largest absolute Gasteiger partial charge is 0.493 e. The van der Waals surface area contributed by atoms with Gasteiger partial charge in [-0.05, 0) is 43.3 Å². The molecule has 0 saturated heterocycles. The van der Waals surface area contributed by atoms with Gasteiger partial charge in [-0.1, -0.05) is 44.2 Å². The standard InChI is InChI=1S/C22H30N2O3/c1-5-24(6-2)19(14-17-10-8-7-9-11-17)16-23-22(25)18-12-13-20(26-3)21(15-18)27-4/h7-13,15,19H,5-6,14,16H2,1-4H3,(H,23,25). The van der Waals surface area contributed by atoms with E-state index in [4.69, 9.17) is 9.47 Å². The van der Waals surface area contributed by atoms with Crippen LogP contribution in [0.5, 0.6) is 11.5 Å². The Balaban J connectivity index is 2.08. The van der Waals surface area contributed by atoms with E-state index >= 15 is 0 Å². The molecule has 0 aliphatic heterocycles. The molecule has 0 aromatic heterocycles. The molecule has 146 valence electrons. The van der Waals surface area contributed by atoms with Crippen molar-refractivity contribution >= 4 is 5.91 Å². The summed E-state index contributed by atoms with van der Waals surface area (Å²) < 4.78 is 10.5. The van der Waals surface area contributed by atoms with Crippen LogP contribution in [0.15, 0.2) is 48.5 Å². The summed E-state index contributed by atoms with van der Waals surface area (Å²) >= 11 is 0. The van der Waals surface area contributed by atoms with Crippen molar-refractivity contribution in [1.82, 2.24) is 10.2 Å². The van der Waals surface area contributed by atoms with Gasteiger partial charge in [0, 0.05) is 18.2 Å². The number of nitrogens with one attached hydrogen (secondary N) is 1. The number of carbonyl (C=O) groups excluding carboxylic acids is 1. The molecule has 27 heavy (non-hydrogen) atoms. The quantitative estimate of drug-likeness (QED) is 0.697. The number of amides is 1. The lowest BCUT2D eigenvalue weighted by Gasteiger charge is -2.30. The van der Waals surface area contributed by atoms with Gasteiger partial charge in [-0.15, -0.1) is 0 Å². The summed E-state index contributed by atoms with van der Waals surface area (Å²) in [5, 5.41) is 3.08. The number of rotatable bonds is 10. The summed E-state index contributed by atoms with van der Waals surface area (Å²) in [6.07, 6.45) is 0.898. The predicted octanol–water partition coefficient (Wildman–Crippen LogP) is 3.39. The van der Waals surface area contributed by atoms with Gasteiger partial charge in [-0.3, -0.25) is 9.69 Å². The Kier molecular flexibility index (Phi) is 8.14. The third kappa shape index (κ3) is 5.73. The fourth-order valence-corrected chi connectivity index (χ4v) is 3.25. The van der Waals surface area contributed by atoms with Crippen LogP contribution in [-0.4, -0.2) is 50.7 Å². The van der Waals surface area contributed by atoms with Crippen LogP contribution >= 0.6 is 0 Å². The lowest BCUT2D eigenvalue weighted by Crippen LogP contribution is -2.45.